The first kappa shape index (κ1) is 14.2. The molecule has 1 aromatic rings. The van der Waals surface area contributed by atoms with E-state index in [1.807, 2.05) is 32.2 Å². The molecule has 0 aliphatic rings. The Morgan fingerprint density at radius 1 is 1.41 bits per heavy atom. The molecule has 94 valence electrons. The fourth-order valence-corrected chi connectivity index (χ4v) is 2.14. The van der Waals surface area contributed by atoms with Crippen LogP contribution in [0.15, 0.2) is 22.7 Å². The SMILES string of the molecule is CNCC(C)CNC(=O)c1ccc(Br)cc1C. The number of benzene rings is 1. The van der Waals surface area contributed by atoms with Crippen LogP contribution < -0.4 is 10.6 Å². The quantitative estimate of drug-likeness (QED) is 0.876. The topological polar surface area (TPSA) is 41.1 Å². The molecule has 4 heteroatoms. The molecule has 0 saturated carbocycles. The minimum absolute atomic E-state index is 0.00190. The molecule has 0 aromatic heterocycles. The van der Waals surface area contributed by atoms with Gasteiger partial charge in [-0.05, 0) is 50.2 Å². The zero-order chi connectivity index (χ0) is 12.8. The number of aryl methyl sites for hydroxylation is 1. The van der Waals surface area contributed by atoms with Gasteiger partial charge in [0.25, 0.3) is 5.91 Å². The third kappa shape index (κ3) is 4.48. The summed E-state index contributed by atoms with van der Waals surface area (Å²) in [5.74, 6) is 0.428. The summed E-state index contributed by atoms with van der Waals surface area (Å²) in [6.07, 6.45) is 0. The van der Waals surface area contributed by atoms with Crippen molar-refractivity contribution in [3.8, 4) is 0 Å². The van der Waals surface area contributed by atoms with Gasteiger partial charge in [0.2, 0.25) is 0 Å². The van der Waals surface area contributed by atoms with Gasteiger partial charge in [0, 0.05) is 16.6 Å². The zero-order valence-electron chi connectivity index (χ0n) is 10.5. The standard InChI is InChI=1S/C13H19BrN2O/c1-9(7-15-3)8-16-13(17)12-5-4-11(14)6-10(12)2/h4-6,9,15H,7-8H2,1-3H3,(H,16,17). The van der Waals surface area contributed by atoms with Crippen molar-refractivity contribution in [2.75, 3.05) is 20.1 Å². The van der Waals surface area contributed by atoms with Gasteiger partial charge in [-0.3, -0.25) is 4.79 Å². The van der Waals surface area contributed by atoms with Crippen LogP contribution in [0.4, 0.5) is 0 Å². The number of carbonyl (C=O) groups excluding carboxylic acids is 1. The second-order valence-corrected chi connectivity index (χ2v) is 5.25. The number of amides is 1. The lowest BCUT2D eigenvalue weighted by Crippen LogP contribution is -2.32. The van der Waals surface area contributed by atoms with Crippen LogP contribution in [0.1, 0.15) is 22.8 Å². The predicted molar refractivity (Wildman–Crippen MR) is 74.3 cm³/mol. The highest BCUT2D eigenvalue weighted by molar-refractivity contribution is 9.10. The van der Waals surface area contributed by atoms with Gasteiger partial charge in [-0.1, -0.05) is 22.9 Å². The van der Waals surface area contributed by atoms with Gasteiger partial charge >= 0.3 is 0 Å². The van der Waals surface area contributed by atoms with Crippen LogP contribution in [0.3, 0.4) is 0 Å². The molecule has 1 rings (SSSR count). The van der Waals surface area contributed by atoms with E-state index in [1.54, 1.807) is 0 Å². The summed E-state index contributed by atoms with van der Waals surface area (Å²) in [7, 11) is 1.91. The lowest BCUT2D eigenvalue weighted by atomic mass is 10.1. The molecule has 0 spiro atoms. The van der Waals surface area contributed by atoms with E-state index < -0.39 is 0 Å². The summed E-state index contributed by atoms with van der Waals surface area (Å²) in [6, 6.07) is 5.68. The Labute approximate surface area is 111 Å². The highest BCUT2D eigenvalue weighted by atomic mass is 79.9. The number of nitrogens with one attached hydrogen (secondary N) is 2. The second kappa shape index (κ2) is 6.77. The van der Waals surface area contributed by atoms with Crippen LogP contribution in [0.2, 0.25) is 0 Å². The first-order valence-electron chi connectivity index (χ1n) is 5.73. The molecule has 0 radical (unpaired) electrons. The number of hydrogen-bond acceptors (Lipinski definition) is 2. The molecule has 0 aliphatic carbocycles. The van der Waals surface area contributed by atoms with Gasteiger partial charge < -0.3 is 10.6 Å². The third-order valence-corrected chi connectivity index (χ3v) is 3.09. The summed E-state index contributed by atoms with van der Waals surface area (Å²) in [5.41, 5.74) is 1.73. The first-order valence-corrected chi connectivity index (χ1v) is 6.53. The van der Waals surface area contributed by atoms with E-state index in [9.17, 15) is 4.79 Å². The fourth-order valence-electron chi connectivity index (χ4n) is 1.66. The minimum Gasteiger partial charge on any atom is -0.352 e. The molecular weight excluding hydrogens is 280 g/mol. The second-order valence-electron chi connectivity index (χ2n) is 4.33. The monoisotopic (exact) mass is 298 g/mol. The average Bonchev–Trinajstić information content (AvgIpc) is 2.26. The fraction of sp³-hybridized carbons (Fsp3) is 0.462. The summed E-state index contributed by atoms with van der Waals surface area (Å²) in [6.45, 7) is 5.64. The predicted octanol–water partition coefficient (Wildman–Crippen LogP) is 2.34. The first-order chi connectivity index (χ1) is 8.04. The average molecular weight is 299 g/mol. The van der Waals surface area contributed by atoms with Crippen LogP contribution in [-0.4, -0.2) is 26.0 Å². The van der Waals surface area contributed by atoms with Crippen molar-refractivity contribution in [2.45, 2.75) is 13.8 Å². The van der Waals surface area contributed by atoms with E-state index in [-0.39, 0.29) is 5.91 Å². The zero-order valence-corrected chi connectivity index (χ0v) is 12.1. The van der Waals surface area contributed by atoms with E-state index in [0.29, 0.717) is 12.5 Å². The molecule has 0 saturated heterocycles. The largest absolute Gasteiger partial charge is 0.352 e. The van der Waals surface area contributed by atoms with Crippen molar-refractivity contribution >= 4 is 21.8 Å². The molecule has 17 heavy (non-hydrogen) atoms. The highest BCUT2D eigenvalue weighted by Crippen LogP contribution is 2.15. The van der Waals surface area contributed by atoms with Crippen LogP contribution in [0, 0.1) is 12.8 Å². The van der Waals surface area contributed by atoms with Crippen molar-refractivity contribution in [1.29, 1.82) is 0 Å². The molecule has 0 fully saturated rings. The molecule has 1 unspecified atom stereocenters. The number of halogens is 1. The van der Waals surface area contributed by atoms with Crippen LogP contribution in [0.25, 0.3) is 0 Å². The number of rotatable bonds is 5. The lowest BCUT2D eigenvalue weighted by molar-refractivity contribution is 0.0947. The Morgan fingerprint density at radius 3 is 2.71 bits per heavy atom. The van der Waals surface area contributed by atoms with Gasteiger partial charge in [0.15, 0.2) is 0 Å². The van der Waals surface area contributed by atoms with Gasteiger partial charge in [-0.25, -0.2) is 0 Å². The molecule has 0 bridgehead atoms. The van der Waals surface area contributed by atoms with Crippen molar-refractivity contribution in [3.63, 3.8) is 0 Å². The molecule has 0 heterocycles. The van der Waals surface area contributed by atoms with Crippen LogP contribution >= 0.6 is 15.9 Å². The summed E-state index contributed by atoms with van der Waals surface area (Å²) < 4.78 is 0.995. The van der Waals surface area contributed by atoms with E-state index in [0.717, 1.165) is 22.1 Å². The summed E-state index contributed by atoms with van der Waals surface area (Å²) in [5, 5.41) is 6.04. The maximum atomic E-state index is 11.9. The Hall–Kier alpha value is -0.870. The van der Waals surface area contributed by atoms with E-state index in [4.69, 9.17) is 0 Å². The van der Waals surface area contributed by atoms with Crippen molar-refractivity contribution < 1.29 is 4.79 Å². The highest BCUT2D eigenvalue weighted by Gasteiger charge is 2.10. The van der Waals surface area contributed by atoms with Crippen LogP contribution in [-0.2, 0) is 0 Å². The smallest absolute Gasteiger partial charge is 0.251 e. The molecule has 1 amide bonds. The van der Waals surface area contributed by atoms with Gasteiger partial charge in [0.1, 0.15) is 0 Å². The summed E-state index contributed by atoms with van der Waals surface area (Å²) in [4.78, 5) is 11.9. The van der Waals surface area contributed by atoms with Gasteiger partial charge in [-0.2, -0.15) is 0 Å². The third-order valence-electron chi connectivity index (χ3n) is 2.60. The van der Waals surface area contributed by atoms with E-state index in [2.05, 4.69) is 33.5 Å². The lowest BCUT2D eigenvalue weighted by Gasteiger charge is -2.13. The summed E-state index contributed by atoms with van der Waals surface area (Å²) >= 11 is 3.39. The van der Waals surface area contributed by atoms with E-state index >= 15 is 0 Å². The Kier molecular flexibility index (Phi) is 5.65. The van der Waals surface area contributed by atoms with Crippen molar-refractivity contribution in [3.05, 3.63) is 33.8 Å². The molecular formula is C13H19BrN2O. The number of carbonyl (C=O) groups is 1. The maximum absolute atomic E-state index is 11.9. The molecule has 0 aliphatic heterocycles. The molecule has 1 aromatic carbocycles. The van der Waals surface area contributed by atoms with Crippen molar-refractivity contribution in [1.82, 2.24) is 10.6 Å². The Balaban J connectivity index is 2.58. The Morgan fingerprint density at radius 2 is 2.12 bits per heavy atom. The Bertz CT molecular complexity index is 393. The van der Waals surface area contributed by atoms with E-state index in [1.165, 1.54) is 0 Å². The normalized spacial score (nSPS) is 12.2. The molecule has 2 N–H and O–H groups in total. The van der Waals surface area contributed by atoms with Crippen molar-refractivity contribution in [2.24, 2.45) is 5.92 Å². The maximum Gasteiger partial charge on any atom is 0.251 e. The number of hydrogen-bond donors (Lipinski definition) is 2. The molecule has 3 nitrogen and oxygen atoms in total. The van der Waals surface area contributed by atoms with Gasteiger partial charge in [-0.15, -0.1) is 0 Å². The molecule has 1 atom stereocenters. The minimum atomic E-state index is -0.00190. The van der Waals surface area contributed by atoms with Gasteiger partial charge in [0.05, 0.1) is 0 Å². The van der Waals surface area contributed by atoms with Crippen LogP contribution in [0.5, 0.6) is 0 Å².